The van der Waals surface area contributed by atoms with Gasteiger partial charge in [-0.15, -0.1) is 5.10 Å². The van der Waals surface area contributed by atoms with Crippen molar-refractivity contribution in [2.24, 2.45) is 0 Å². The van der Waals surface area contributed by atoms with Crippen molar-refractivity contribution in [3.05, 3.63) is 76.3 Å². The SMILES string of the molecule is COc1cccc(CCc2nc(-c3nnn4c3COC(c3ccc(Cl)cc3)C4)no2)c1. The van der Waals surface area contributed by atoms with E-state index in [2.05, 4.69) is 20.5 Å². The highest BCUT2D eigenvalue weighted by Gasteiger charge is 2.27. The van der Waals surface area contributed by atoms with Crippen LogP contribution in [-0.4, -0.2) is 32.2 Å². The lowest BCUT2D eigenvalue weighted by Gasteiger charge is -2.24. The zero-order valence-electron chi connectivity index (χ0n) is 16.9. The Morgan fingerprint density at radius 2 is 2.03 bits per heavy atom. The number of methoxy groups -OCH3 is 1. The molecule has 0 bridgehead atoms. The monoisotopic (exact) mass is 437 g/mol. The molecule has 0 saturated carbocycles. The lowest BCUT2D eigenvalue weighted by atomic mass is 10.1. The van der Waals surface area contributed by atoms with E-state index in [1.165, 1.54) is 0 Å². The topological polar surface area (TPSA) is 88.1 Å². The van der Waals surface area contributed by atoms with Crippen LogP contribution in [0, 0.1) is 0 Å². The second-order valence-corrected chi connectivity index (χ2v) is 7.72. The van der Waals surface area contributed by atoms with Gasteiger partial charge < -0.3 is 14.0 Å². The summed E-state index contributed by atoms with van der Waals surface area (Å²) in [7, 11) is 1.66. The molecule has 31 heavy (non-hydrogen) atoms. The molecule has 0 radical (unpaired) electrons. The smallest absolute Gasteiger partial charge is 0.227 e. The second kappa shape index (κ2) is 8.49. The van der Waals surface area contributed by atoms with Crippen molar-refractivity contribution in [2.75, 3.05) is 7.11 Å². The van der Waals surface area contributed by atoms with E-state index in [0.717, 1.165) is 29.0 Å². The highest BCUT2D eigenvalue weighted by molar-refractivity contribution is 6.30. The molecule has 158 valence electrons. The maximum Gasteiger partial charge on any atom is 0.227 e. The van der Waals surface area contributed by atoms with Crippen LogP contribution in [0.1, 0.15) is 28.8 Å². The highest BCUT2D eigenvalue weighted by Crippen LogP contribution is 2.30. The van der Waals surface area contributed by atoms with Crippen molar-refractivity contribution in [1.29, 1.82) is 0 Å². The first-order valence-electron chi connectivity index (χ1n) is 9.95. The minimum absolute atomic E-state index is 0.108. The van der Waals surface area contributed by atoms with Crippen LogP contribution in [0.4, 0.5) is 0 Å². The Morgan fingerprint density at radius 1 is 1.16 bits per heavy atom. The van der Waals surface area contributed by atoms with Gasteiger partial charge in [0.2, 0.25) is 11.7 Å². The third-order valence-corrected chi connectivity index (χ3v) is 5.53. The van der Waals surface area contributed by atoms with E-state index >= 15 is 0 Å². The summed E-state index contributed by atoms with van der Waals surface area (Å²) in [6.07, 6.45) is 1.28. The van der Waals surface area contributed by atoms with Crippen LogP contribution < -0.4 is 4.74 Å². The Kier molecular flexibility index (Phi) is 5.40. The predicted molar refractivity (Wildman–Crippen MR) is 113 cm³/mol. The molecule has 1 aliphatic heterocycles. The van der Waals surface area contributed by atoms with Crippen molar-refractivity contribution in [3.8, 4) is 17.3 Å². The molecule has 0 amide bonds. The van der Waals surface area contributed by atoms with Crippen molar-refractivity contribution < 1.29 is 14.0 Å². The molecule has 2 aromatic heterocycles. The number of nitrogens with zero attached hydrogens (tertiary/aromatic N) is 5. The zero-order chi connectivity index (χ0) is 21.2. The molecule has 1 unspecified atom stereocenters. The fraction of sp³-hybridized carbons (Fsp3) is 0.273. The van der Waals surface area contributed by atoms with E-state index in [1.807, 2.05) is 53.2 Å². The number of benzene rings is 2. The normalized spacial score (nSPS) is 15.6. The third-order valence-electron chi connectivity index (χ3n) is 5.28. The molecule has 4 aromatic rings. The second-order valence-electron chi connectivity index (χ2n) is 7.28. The van der Waals surface area contributed by atoms with Gasteiger partial charge in [-0.2, -0.15) is 4.98 Å². The number of rotatable bonds is 6. The van der Waals surface area contributed by atoms with Gasteiger partial charge in [0.1, 0.15) is 11.9 Å². The zero-order valence-corrected chi connectivity index (χ0v) is 17.6. The fourth-order valence-corrected chi connectivity index (χ4v) is 3.72. The van der Waals surface area contributed by atoms with Gasteiger partial charge in [0.15, 0.2) is 5.69 Å². The lowest BCUT2D eigenvalue weighted by Crippen LogP contribution is -2.22. The van der Waals surface area contributed by atoms with Gasteiger partial charge in [-0.1, -0.05) is 46.2 Å². The van der Waals surface area contributed by atoms with Gasteiger partial charge >= 0.3 is 0 Å². The van der Waals surface area contributed by atoms with Gasteiger partial charge in [-0.3, -0.25) is 0 Å². The van der Waals surface area contributed by atoms with Gasteiger partial charge in [0.05, 0.1) is 26.0 Å². The first-order valence-corrected chi connectivity index (χ1v) is 10.3. The standard InChI is InChI=1S/C22H20ClN5O3/c1-29-17-4-2-3-14(11-17)5-10-20-24-22(26-31-20)21-18-13-30-19(12-28(18)27-25-21)15-6-8-16(23)9-7-15/h2-4,6-9,11,19H,5,10,12-13H2,1H3. The van der Waals surface area contributed by atoms with E-state index < -0.39 is 0 Å². The largest absolute Gasteiger partial charge is 0.497 e. The van der Waals surface area contributed by atoms with Crippen LogP contribution in [0.5, 0.6) is 5.75 Å². The van der Waals surface area contributed by atoms with Gasteiger partial charge in [0, 0.05) is 11.4 Å². The molecular weight excluding hydrogens is 418 g/mol. The Balaban J connectivity index is 1.28. The van der Waals surface area contributed by atoms with Crippen LogP contribution in [0.15, 0.2) is 53.1 Å². The quantitative estimate of drug-likeness (QED) is 0.449. The fourth-order valence-electron chi connectivity index (χ4n) is 3.60. The first-order chi connectivity index (χ1) is 15.2. The molecule has 8 nitrogen and oxygen atoms in total. The van der Waals surface area contributed by atoms with E-state index in [4.69, 9.17) is 25.6 Å². The summed E-state index contributed by atoms with van der Waals surface area (Å²) in [4.78, 5) is 4.51. The van der Waals surface area contributed by atoms with Crippen molar-refractivity contribution in [2.45, 2.75) is 32.1 Å². The Bertz CT molecular complexity index is 1190. The number of ether oxygens (including phenoxy) is 2. The number of hydrogen-bond donors (Lipinski definition) is 0. The summed E-state index contributed by atoms with van der Waals surface area (Å²) in [6, 6.07) is 15.6. The average Bonchev–Trinajstić information content (AvgIpc) is 3.44. The van der Waals surface area contributed by atoms with Crippen LogP contribution in [0.25, 0.3) is 11.5 Å². The molecule has 9 heteroatoms. The summed E-state index contributed by atoms with van der Waals surface area (Å²) < 4.78 is 18.6. The average molecular weight is 438 g/mol. The summed E-state index contributed by atoms with van der Waals surface area (Å²) >= 11 is 5.98. The minimum atomic E-state index is -0.108. The van der Waals surface area contributed by atoms with E-state index in [1.54, 1.807) is 7.11 Å². The Hall–Kier alpha value is -3.23. The molecule has 5 rings (SSSR count). The van der Waals surface area contributed by atoms with Crippen LogP contribution >= 0.6 is 11.6 Å². The lowest BCUT2D eigenvalue weighted by molar-refractivity contribution is -0.00112. The molecule has 0 fully saturated rings. The van der Waals surface area contributed by atoms with Gasteiger partial charge in [-0.25, -0.2) is 4.68 Å². The Labute approximate surface area is 183 Å². The Morgan fingerprint density at radius 3 is 2.87 bits per heavy atom. The van der Waals surface area contributed by atoms with Crippen molar-refractivity contribution in [1.82, 2.24) is 25.1 Å². The molecule has 2 aromatic carbocycles. The molecule has 1 aliphatic rings. The van der Waals surface area contributed by atoms with E-state index in [9.17, 15) is 0 Å². The summed E-state index contributed by atoms with van der Waals surface area (Å²) in [5.41, 5.74) is 3.62. The van der Waals surface area contributed by atoms with Crippen LogP contribution in [0.2, 0.25) is 5.02 Å². The summed E-state index contributed by atoms with van der Waals surface area (Å²) in [6.45, 7) is 0.924. The number of aromatic nitrogens is 5. The van der Waals surface area contributed by atoms with E-state index in [-0.39, 0.29) is 6.10 Å². The molecule has 0 aliphatic carbocycles. The van der Waals surface area contributed by atoms with E-state index in [0.29, 0.717) is 42.0 Å². The maximum atomic E-state index is 6.04. The molecule has 0 spiro atoms. The first kappa shape index (κ1) is 19.7. The number of fused-ring (bicyclic) bond motifs is 1. The van der Waals surface area contributed by atoms with Crippen molar-refractivity contribution in [3.63, 3.8) is 0 Å². The highest BCUT2D eigenvalue weighted by atomic mass is 35.5. The minimum Gasteiger partial charge on any atom is -0.497 e. The summed E-state index contributed by atoms with van der Waals surface area (Å²) in [5.74, 6) is 1.81. The van der Waals surface area contributed by atoms with Crippen LogP contribution in [-0.2, 0) is 30.7 Å². The molecule has 1 atom stereocenters. The third kappa shape index (κ3) is 4.17. The van der Waals surface area contributed by atoms with Gasteiger partial charge in [0.25, 0.3) is 0 Å². The van der Waals surface area contributed by atoms with Gasteiger partial charge in [-0.05, 0) is 41.8 Å². The molecule has 3 heterocycles. The molecule has 0 saturated heterocycles. The molecule has 0 N–H and O–H groups in total. The van der Waals surface area contributed by atoms with Crippen molar-refractivity contribution >= 4 is 11.6 Å². The number of halogens is 1. The molecular formula is C22H20ClN5O3. The maximum absolute atomic E-state index is 6.04. The number of hydrogen-bond acceptors (Lipinski definition) is 7. The number of aryl methyl sites for hydroxylation is 2. The summed E-state index contributed by atoms with van der Waals surface area (Å²) in [5, 5.41) is 13.3. The van der Waals surface area contributed by atoms with Crippen LogP contribution in [0.3, 0.4) is 0 Å². The predicted octanol–water partition coefficient (Wildman–Crippen LogP) is 4.05.